The zero-order valence-corrected chi connectivity index (χ0v) is 18.6. The molecule has 0 aromatic heterocycles. The maximum Gasteiger partial charge on any atom is 0.191 e. The molecule has 0 saturated carbocycles. The summed E-state index contributed by atoms with van der Waals surface area (Å²) in [5.74, 6) is 0. The lowest BCUT2D eigenvalue weighted by atomic mass is 10.4. The molecule has 0 aliphatic rings. The number of hydrogen-bond acceptors (Lipinski definition) is 6. The van der Waals surface area contributed by atoms with Gasteiger partial charge in [-0.15, -0.1) is 11.8 Å². The van der Waals surface area contributed by atoms with E-state index in [-0.39, 0.29) is 0 Å². The van der Waals surface area contributed by atoms with Gasteiger partial charge in [-0.1, -0.05) is 54.6 Å². The summed E-state index contributed by atoms with van der Waals surface area (Å²) in [6.07, 6.45) is 2.01. The van der Waals surface area contributed by atoms with Crippen LogP contribution in [0.4, 0.5) is 0 Å². The SMILES string of the molecule is CSC=C(C#N)[P+](c1ccccc1)(c1ccccc1)c1ccccc1.[O-][Cl+3]([O-])([O-])O. The van der Waals surface area contributed by atoms with Crippen molar-refractivity contribution >= 4 is 34.9 Å². The van der Waals surface area contributed by atoms with Gasteiger partial charge in [0.05, 0.1) is 14.9 Å². The smallest absolute Gasteiger partial charge is 0.189 e. The van der Waals surface area contributed by atoms with Crippen LogP contribution in [0, 0.1) is 21.6 Å². The highest BCUT2D eigenvalue weighted by Crippen LogP contribution is 2.62. The molecular formula is C22H20ClNO4PS+. The lowest BCUT2D eigenvalue weighted by molar-refractivity contribution is -1.92. The molecule has 3 aromatic carbocycles. The average molecular weight is 461 g/mol. The third-order valence-electron chi connectivity index (χ3n) is 4.14. The van der Waals surface area contributed by atoms with Crippen LogP contribution in [-0.2, 0) is 0 Å². The van der Waals surface area contributed by atoms with Gasteiger partial charge in [0.25, 0.3) is 0 Å². The fourth-order valence-electron chi connectivity index (χ4n) is 3.11. The molecular weight excluding hydrogens is 441 g/mol. The largest absolute Gasteiger partial charge is 0.191 e. The molecule has 1 N–H and O–H groups in total. The van der Waals surface area contributed by atoms with Crippen LogP contribution < -0.4 is 29.9 Å². The Morgan fingerprint density at radius 3 is 1.37 bits per heavy atom. The fourth-order valence-corrected chi connectivity index (χ4v) is 8.07. The molecule has 8 heteroatoms. The number of rotatable bonds is 5. The summed E-state index contributed by atoms with van der Waals surface area (Å²) in [7, 11) is -6.90. The molecule has 0 aliphatic carbocycles. The molecule has 0 saturated heterocycles. The second-order valence-electron chi connectivity index (χ2n) is 5.92. The van der Waals surface area contributed by atoms with Gasteiger partial charge in [-0.05, 0) is 42.7 Å². The number of benzene rings is 3. The Labute approximate surface area is 183 Å². The lowest BCUT2D eigenvalue weighted by Gasteiger charge is -2.26. The van der Waals surface area contributed by atoms with E-state index in [1.165, 1.54) is 15.9 Å². The molecule has 0 fully saturated rings. The topological polar surface area (TPSA) is 113 Å². The molecule has 154 valence electrons. The third kappa shape index (κ3) is 6.15. The number of hydrogen-bond donors (Lipinski definition) is 1. The number of halogens is 1. The molecule has 5 nitrogen and oxygen atoms in total. The van der Waals surface area contributed by atoms with Crippen LogP contribution in [-0.4, -0.2) is 10.9 Å². The van der Waals surface area contributed by atoms with E-state index in [4.69, 9.17) is 18.6 Å². The normalized spacial score (nSPS) is 11.8. The van der Waals surface area contributed by atoms with Crippen LogP contribution in [0.3, 0.4) is 0 Å². The minimum Gasteiger partial charge on any atom is -0.189 e. The quantitative estimate of drug-likeness (QED) is 0.440. The van der Waals surface area contributed by atoms with Crippen LogP contribution in [0.15, 0.2) is 102 Å². The van der Waals surface area contributed by atoms with Gasteiger partial charge < -0.3 is 0 Å². The van der Waals surface area contributed by atoms with E-state index < -0.39 is 17.5 Å². The Hall–Kier alpha value is -2.20. The van der Waals surface area contributed by atoms with Gasteiger partial charge in [0.1, 0.15) is 22.0 Å². The van der Waals surface area contributed by atoms with Crippen molar-refractivity contribution in [3.05, 3.63) is 102 Å². The van der Waals surface area contributed by atoms with Gasteiger partial charge in [0.15, 0.2) is 12.6 Å². The number of thioether (sulfide) groups is 1. The van der Waals surface area contributed by atoms with E-state index in [0.29, 0.717) is 0 Å². The van der Waals surface area contributed by atoms with Crippen molar-refractivity contribution in [3.63, 3.8) is 0 Å². The summed E-state index contributed by atoms with van der Waals surface area (Å²) >= 11 is 1.59. The molecule has 0 heterocycles. The first-order chi connectivity index (χ1) is 14.3. The number of nitriles is 1. The molecule has 0 radical (unpaired) electrons. The van der Waals surface area contributed by atoms with Crippen molar-refractivity contribution in [1.82, 2.24) is 0 Å². The highest BCUT2D eigenvalue weighted by molar-refractivity contribution is 8.03. The van der Waals surface area contributed by atoms with Crippen molar-refractivity contribution in [2.75, 3.05) is 6.26 Å². The third-order valence-corrected chi connectivity index (χ3v) is 8.95. The van der Waals surface area contributed by atoms with Crippen LogP contribution in [0.5, 0.6) is 0 Å². The Morgan fingerprint density at radius 1 is 0.833 bits per heavy atom. The molecule has 3 rings (SSSR count). The second-order valence-corrected chi connectivity index (χ2v) is 10.8. The molecule has 0 amide bonds. The van der Waals surface area contributed by atoms with Gasteiger partial charge in [-0.3, -0.25) is 0 Å². The minimum atomic E-state index is -4.69. The van der Waals surface area contributed by atoms with Crippen molar-refractivity contribution < 1.29 is 28.9 Å². The predicted molar refractivity (Wildman–Crippen MR) is 115 cm³/mol. The van der Waals surface area contributed by atoms with Crippen molar-refractivity contribution in [2.45, 2.75) is 0 Å². The van der Waals surface area contributed by atoms with Gasteiger partial charge in [-0.25, -0.2) is 0 Å². The van der Waals surface area contributed by atoms with Gasteiger partial charge in [-0.2, -0.15) is 19.2 Å². The number of allylic oxidation sites excluding steroid dienone is 1. The zero-order chi connectivity index (χ0) is 22.0. The van der Waals surface area contributed by atoms with Crippen molar-refractivity contribution in [2.24, 2.45) is 0 Å². The van der Waals surface area contributed by atoms with E-state index in [1.807, 2.05) is 29.9 Å². The van der Waals surface area contributed by atoms with Crippen LogP contribution in [0.2, 0.25) is 0 Å². The molecule has 0 atom stereocenters. The maximum atomic E-state index is 10.1. The Morgan fingerprint density at radius 2 is 1.13 bits per heavy atom. The molecule has 0 aliphatic heterocycles. The zero-order valence-electron chi connectivity index (χ0n) is 16.1. The van der Waals surface area contributed by atoms with Crippen molar-refractivity contribution in [3.8, 4) is 6.07 Å². The first-order valence-electron chi connectivity index (χ1n) is 8.66. The van der Waals surface area contributed by atoms with E-state index in [1.54, 1.807) is 11.8 Å². The highest BCUT2D eigenvalue weighted by Gasteiger charge is 2.49. The Kier molecular flexibility index (Phi) is 9.04. The van der Waals surface area contributed by atoms with Crippen LogP contribution in [0.25, 0.3) is 0 Å². The molecule has 30 heavy (non-hydrogen) atoms. The lowest BCUT2D eigenvalue weighted by Crippen LogP contribution is -2.58. The summed E-state index contributed by atoms with van der Waals surface area (Å²) in [6, 6.07) is 33.9. The van der Waals surface area contributed by atoms with E-state index >= 15 is 0 Å². The van der Waals surface area contributed by atoms with Crippen LogP contribution >= 0.6 is 19.0 Å². The van der Waals surface area contributed by atoms with E-state index in [0.717, 1.165) is 5.31 Å². The Bertz CT molecular complexity index is 888. The van der Waals surface area contributed by atoms with Crippen LogP contribution in [0.1, 0.15) is 0 Å². The molecule has 0 spiro atoms. The predicted octanol–water partition coefficient (Wildman–Crippen LogP) is 0.584. The van der Waals surface area contributed by atoms with E-state index in [9.17, 15) is 5.26 Å². The summed E-state index contributed by atoms with van der Waals surface area (Å²) in [5.41, 5.74) is 0. The standard InChI is InChI=1S/C22H19NPS.ClHO4/c1-25-18-22(17-23)24(19-11-5-2-6-12-19,20-13-7-3-8-14-20)21-15-9-4-10-16-21;2-1(3,4)5/h2-16,18H,1H3;(H,2,3,4,5)/q+1;. The number of nitrogens with zero attached hydrogens (tertiary/aromatic N) is 1. The summed E-state index contributed by atoms with van der Waals surface area (Å²) in [5, 5.41) is 16.5. The highest BCUT2D eigenvalue weighted by atomic mass is 35.7. The summed E-state index contributed by atoms with van der Waals surface area (Å²) in [4.78, 5) is 0. The summed E-state index contributed by atoms with van der Waals surface area (Å²) in [6.45, 7) is 0. The molecule has 3 aromatic rings. The molecule has 0 unspecified atom stereocenters. The van der Waals surface area contributed by atoms with Gasteiger partial charge in [0, 0.05) is 5.41 Å². The summed E-state index contributed by atoms with van der Waals surface area (Å²) < 4.78 is 32.7. The monoisotopic (exact) mass is 460 g/mol. The second kappa shape index (κ2) is 11.3. The minimum absolute atomic E-state index is 0.837. The first kappa shape index (κ1) is 24.1. The maximum absolute atomic E-state index is 10.1. The Balaban J connectivity index is 0.000000575. The molecule has 0 bridgehead atoms. The van der Waals surface area contributed by atoms with Gasteiger partial charge in [0.2, 0.25) is 0 Å². The van der Waals surface area contributed by atoms with E-state index in [2.05, 4.69) is 78.9 Å². The van der Waals surface area contributed by atoms with Gasteiger partial charge >= 0.3 is 0 Å². The fraction of sp³-hybridized carbons (Fsp3) is 0.0455. The van der Waals surface area contributed by atoms with Crippen molar-refractivity contribution in [1.29, 1.82) is 5.26 Å². The first-order valence-corrected chi connectivity index (χ1v) is 13.0. The average Bonchev–Trinajstić information content (AvgIpc) is 2.75.